The van der Waals surface area contributed by atoms with Crippen LogP contribution in [0.25, 0.3) is 39.5 Å². The van der Waals surface area contributed by atoms with Gasteiger partial charge >= 0.3 is 5.97 Å². The summed E-state index contributed by atoms with van der Waals surface area (Å²) in [4.78, 5) is 39.8. The van der Waals surface area contributed by atoms with Crippen molar-refractivity contribution in [1.82, 2.24) is 10.6 Å². The fraction of sp³-hybridized carbons (Fsp3) is 0.231. The van der Waals surface area contributed by atoms with E-state index in [0.29, 0.717) is 67.5 Å². The van der Waals surface area contributed by atoms with Crippen LogP contribution in [0.4, 0.5) is 5.69 Å². The molecule has 1 aliphatic heterocycles. The summed E-state index contributed by atoms with van der Waals surface area (Å²) in [7, 11) is 0. The van der Waals surface area contributed by atoms with E-state index in [9.17, 15) is 24.6 Å². The number of amides is 2. The van der Waals surface area contributed by atoms with Gasteiger partial charge in [-0.05, 0) is 66.9 Å². The number of ether oxygens (including phenoxy) is 2. The monoisotopic (exact) mass is 693 g/mol. The van der Waals surface area contributed by atoms with Crippen molar-refractivity contribution >= 4 is 40.5 Å². The summed E-state index contributed by atoms with van der Waals surface area (Å²) in [6.45, 7) is 5.78. The highest BCUT2D eigenvalue weighted by atomic mass is 16.5. The molecule has 12 heteroatoms. The number of carboxylic acid groups (broad SMARTS) is 1. The molecule has 12 nitrogen and oxygen atoms in total. The number of aryl methyl sites for hydroxylation is 2. The number of phenols is 1. The number of anilines is 1. The molecule has 0 unspecified atom stereocenters. The number of fused-ring (bicyclic) bond motifs is 2. The molecule has 0 bridgehead atoms. The molecule has 7 N–H and O–H groups in total. The number of rotatable bonds is 15. The minimum Gasteiger partial charge on any atom is -0.508 e. The van der Waals surface area contributed by atoms with E-state index in [0.717, 1.165) is 33.2 Å². The number of aromatic carboxylic acids is 1. The Morgan fingerprint density at radius 3 is 2.29 bits per heavy atom. The molecule has 2 aliphatic rings. The van der Waals surface area contributed by atoms with E-state index in [-0.39, 0.29) is 29.7 Å². The van der Waals surface area contributed by atoms with E-state index in [4.69, 9.17) is 19.6 Å². The Labute approximate surface area is 294 Å². The maximum atomic E-state index is 12.6. The van der Waals surface area contributed by atoms with Crippen molar-refractivity contribution in [2.75, 3.05) is 51.8 Å². The second-order valence-electron chi connectivity index (χ2n) is 11.8. The number of benzene rings is 4. The summed E-state index contributed by atoms with van der Waals surface area (Å²) in [5.74, 6) is -0.830. The van der Waals surface area contributed by atoms with Crippen LogP contribution in [0.1, 0.15) is 27.0 Å². The van der Waals surface area contributed by atoms with Crippen LogP contribution in [0.2, 0.25) is 0 Å². The van der Waals surface area contributed by atoms with E-state index < -0.39 is 5.97 Å². The van der Waals surface area contributed by atoms with Gasteiger partial charge < -0.3 is 40.5 Å². The predicted molar refractivity (Wildman–Crippen MR) is 193 cm³/mol. The molecule has 3 aromatic rings. The van der Waals surface area contributed by atoms with Crippen molar-refractivity contribution in [1.29, 1.82) is 0 Å². The van der Waals surface area contributed by atoms with Crippen molar-refractivity contribution in [3.05, 3.63) is 106 Å². The van der Waals surface area contributed by atoms with Crippen LogP contribution in [0.3, 0.4) is 0 Å². The van der Waals surface area contributed by atoms with Gasteiger partial charge in [0.2, 0.25) is 17.8 Å². The summed E-state index contributed by atoms with van der Waals surface area (Å²) in [5, 5.41) is 26.3. The number of nitrogens with two attached hydrogens (primary N) is 1. The Kier molecular flexibility index (Phi) is 12.2. The first-order valence-electron chi connectivity index (χ1n) is 16.4. The van der Waals surface area contributed by atoms with Gasteiger partial charge in [0.1, 0.15) is 17.1 Å². The minimum absolute atomic E-state index is 0.0136. The standard InChI is InChI=1S/C39H40N4O8/c1-24-19-30-34(21-32(24)40)51-35-22-33(25(2)20-31(35)38(30)28-5-3-4-6-29(28)39(47)48)43-23-37(46)42-14-16-50-18-17-49-15-13-41-36(45)12-9-26-7-10-27(44)11-8-26/h3-12,19-22,44H,13-18,23,40H2,1-2H3,(H,41,45)(H,42,46)(H,47,48)/p+1/b12-9+,43-33?. The molecule has 0 aromatic heterocycles. The largest absolute Gasteiger partial charge is 0.508 e. The third-order valence-corrected chi connectivity index (χ3v) is 8.13. The van der Waals surface area contributed by atoms with E-state index in [1.807, 2.05) is 32.0 Å². The first-order valence-corrected chi connectivity index (χ1v) is 16.4. The van der Waals surface area contributed by atoms with Gasteiger partial charge in [-0.3, -0.25) is 9.59 Å². The lowest BCUT2D eigenvalue weighted by Crippen LogP contribution is -2.80. The molecule has 1 aliphatic carbocycles. The number of hydrogen-bond acceptors (Lipinski definition) is 8. The van der Waals surface area contributed by atoms with E-state index >= 15 is 0 Å². The third-order valence-electron chi connectivity index (χ3n) is 8.13. The zero-order chi connectivity index (χ0) is 36.3. The van der Waals surface area contributed by atoms with Crippen LogP contribution in [0.5, 0.6) is 5.75 Å². The fourth-order valence-corrected chi connectivity index (χ4v) is 5.47. The van der Waals surface area contributed by atoms with Gasteiger partial charge in [-0.2, -0.15) is 0 Å². The van der Waals surface area contributed by atoms with Gasteiger partial charge in [0.25, 0.3) is 5.91 Å². The van der Waals surface area contributed by atoms with Crippen molar-refractivity contribution < 1.29 is 43.5 Å². The molecule has 2 amide bonds. The van der Waals surface area contributed by atoms with Gasteiger partial charge in [-0.1, -0.05) is 30.3 Å². The highest BCUT2D eigenvalue weighted by molar-refractivity contribution is 6.08. The van der Waals surface area contributed by atoms with E-state index in [1.54, 1.807) is 60.7 Å². The molecule has 5 rings (SSSR count). The predicted octanol–water partition coefficient (Wildman–Crippen LogP) is 2.77. The molecule has 0 radical (unpaired) electrons. The van der Waals surface area contributed by atoms with Crippen LogP contribution >= 0.6 is 0 Å². The van der Waals surface area contributed by atoms with E-state index in [2.05, 4.69) is 15.6 Å². The van der Waals surface area contributed by atoms with Crippen LogP contribution in [-0.4, -0.2) is 74.1 Å². The fourth-order valence-electron chi connectivity index (χ4n) is 5.47. The molecule has 0 spiro atoms. The van der Waals surface area contributed by atoms with Crippen molar-refractivity contribution in [3.63, 3.8) is 0 Å². The maximum absolute atomic E-state index is 12.6. The number of hydrogen-bond donors (Lipinski definition) is 6. The molecule has 264 valence electrons. The Balaban J connectivity index is 1.11. The minimum atomic E-state index is -1.03. The molecular weight excluding hydrogens is 652 g/mol. The van der Waals surface area contributed by atoms with Crippen molar-refractivity contribution in [2.24, 2.45) is 0 Å². The molecule has 1 heterocycles. The Bertz CT molecular complexity index is 2100. The van der Waals surface area contributed by atoms with Crippen LogP contribution in [0, 0.1) is 13.8 Å². The van der Waals surface area contributed by atoms with Gasteiger partial charge in [-0.15, -0.1) is 0 Å². The average molecular weight is 694 g/mol. The first-order chi connectivity index (χ1) is 24.6. The zero-order valence-corrected chi connectivity index (χ0v) is 28.5. The van der Waals surface area contributed by atoms with Gasteiger partial charge in [0.05, 0.1) is 38.1 Å². The molecule has 0 fully saturated rings. The quantitative estimate of drug-likeness (QED) is 0.0415. The number of nitrogen functional groups attached to an aromatic ring is 1. The Hall–Kier alpha value is -5.98. The summed E-state index contributed by atoms with van der Waals surface area (Å²) in [6.07, 6.45) is 3.07. The highest BCUT2D eigenvalue weighted by Gasteiger charge is 2.23. The number of carbonyl (C=O) groups is 3. The highest BCUT2D eigenvalue weighted by Crippen LogP contribution is 2.42. The number of carboxylic acids is 1. The van der Waals surface area contributed by atoms with Crippen LogP contribution < -0.4 is 26.7 Å². The van der Waals surface area contributed by atoms with Gasteiger partial charge in [-0.25, -0.2) is 9.79 Å². The summed E-state index contributed by atoms with van der Waals surface area (Å²) in [6, 6.07) is 20.8. The second kappa shape index (κ2) is 17.1. The third kappa shape index (κ3) is 9.59. The van der Waals surface area contributed by atoms with E-state index in [1.165, 1.54) is 6.08 Å². The number of aromatic hydroxyl groups is 1. The average Bonchev–Trinajstić information content (AvgIpc) is 3.11. The first kappa shape index (κ1) is 36.3. The normalized spacial score (nSPS) is 11.8. The summed E-state index contributed by atoms with van der Waals surface area (Å²) < 4.78 is 17.3. The number of nitrogens with one attached hydrogen (secondary N) is 3. The van der Waals surface area contributed by atoms with Crippen molar-refractivity contribution in [2.45, 2.75) is 13.8 Å². The van der Waals surface area contributed by atoms with Crippen molar-refractivity contribution in [3.8, 4) is 28.2 Å². The smallest absolute Gasteiger partial charge is 0.336 e. The molecule has 0 saturated heterocycles. The van der Waals surface area contributed by atoms with Crippen LogP contribution in [-0.2, 0) is 19.1 Å². The number of phenolic OH excluding ortho intramolecular Hbond substituents is 1. The second-order valence-corrected chi connectivity index (χ2v) is 11.8. The lowest BCUT2D eigenvalue weighted by molar-refractivity contribution is -0.488. The summed E-state index contributed by atoms with van der Waals surface area (Å²) >= 11 is 0. The maximum Gasteiger partial charge on any atom is 0.336 e. The van der Waals surface area contributed by atoms with Crippen LogP contribution in [0.15, 0.2) is 83.3 Å². The lowest BCUT2D eigenvalue weighted by atomic mass is 9.89. The SMILES string of the molecule is Cc1cc2c(-c3ccccc3C(=O)O)c3cc(C)c(=[NH+]CC(=O)NCCOCCOCCNC(=O)/C=C/c4ccc(O)cc4)cc-3oc2cc1N. The van der Waals surface area contributed by atoms with Gasteiger partial charge in [0, 0.05) is 53.0 Å². The number of carbonyl (C=O) groups excluding carboxylic acids is 2. The Morgan fingerprint density at radius 1 is 0.863 bits per heavy atom. The lowest BCUT2D eigenvalue weighted by Gasteiger charge is -2.18. The molecule has 0 atom stereocenters. The molecule has 51 heavy (non-hydrogen) atoms. The molecule has 3 aromatic carbocycles. The van der Waals surface area contributed by atoms with Gasteiger partial charge in [0.15, 0.2) is 0 Å². The summed E-state index contributed by atoms with van der Waals surface area (Å²) in [5.41, 5.74) is 12.0. The zero-order valence-electron chi connectivity index (χ0n) is 28.5. The molecule has 0 saturated carbocycles. The topological polar surface area (TPSA) is 187 Å². The Morgan fingerprint density at radius 2 is 1.57 bits per heavy atom. The molecular formula is C39H41N4O8+.